The summed E-state index contributed by atoms with van der Waals surface area (Å²) in [6.07, 6.45) is 8.75. The fourth-order valence-corrected chi connectivity index (χ4v) is 3.27. The van der Waals surface area contributed by atoms with Gasteiger partial charge in [-0.05, 0) is 47.2 Å². The summed E-state index contributed by atoms with van der Waals surface area (Å²) < 4.78 is 4.93. The third kappa shape index (κ3) is 4.45. The Morgan fingerprint density at radius 1 is 1.35 bits per heavy atom. The minimum absolute atomic E-state index is 0.180. The van der Waals surface area contributed by atoms with Crippen LogP contribution in [0.25, 0.3) is 0 Å². The molecule has 0 aromatic rings. The second kappa shape index (κ2) is 7.99. The highest BCUT2D eigenvalue weighted by atomic mass is 16.5. The predicted molar refractivity (Wildman–Crippen MR) is 82.8 cm³/mol. The van der Waals surface area contributed by atoms with Crippen molar-refractivity contribution in [2.75, 3.05) is 21.2 Å². The molecule has 1 fully saturated rings. The highest BCUT2D eigenvalue weighted by Crippen LogP contribution is 2.25. The Kier molecular flexibility index (Phi) is 6.96. The molecule has 0 bridgehead atoms. The topological polar surface area (TPSA) is 41.6 Å². The van der Waals surface area contributed by atoms with Crippen molar-refractivity contribution in [2.24, 2.45) is 0 Å². The maximum atomic E-state index is 12.0. The van der Waals surface area contributed by atoms with Crippen LogP contribution >= 0.6 is 0 Å². The highest BCUT2D eigenvalue weighted by Gasteiger charge is 2.36. The molecule has 0 heterocycles. The summed E-state index contributed by atoms with van der Waals surface area (Å²) in [4.78, 5) is 14.4. The van der Waals surface area contributed by atoms with Gasteiger partial charge in [0.15, 0.2) is 0 Å². The van der Waals surface area contributed by atoms with E-state index in [1.165, 1.54) is 45.6 Å². The maximum Gasteiger partial charge on any atom is 0.325 e. The van der Waals surface area contributed by atoms with E-state index in [2.05, 4.69) is 24.2 Å². The van der Waals surface area contributed by atoms with Gasteiger partial charge in [0.2, 0.25) is 0 Å². The molecule has 0 aromatic carbocycles. The lowest BCUT2D eigenvalue weighted by atomic mass is 9.92. The Morgan fingerprint density at radius 3 is 2.35 bits per heavy atom. The molecule has 2 unspecified atom stereocenters. The van der Waals surface area contributed by atoms with Crippen LogP contribution in [0.3, 0.4) is 0 Å². The van der Waals surface area contributed by atoms with Crippen LogP contribution in [0.2, 0.25) is 0 Å². The Morgan fingerprint density at radius 2 is 1.90 bits per heavy atom. The van der Waals surface area contributed by atoms with E-state index in [1.807, 2.05) is 14.0 Å². The lowest BCUT2D eigenvalue weighted by molar-refractivity contribution is -0.148. The Bertz CT molecular complexity index is 301. The van der Waals surface area contributed by atoms with Gasteiger partial charge in [-0.15, -0.1) is 0 Å². The van der Waals surface area contributed by atoms with Crippen LogP contribution in [0, 0.1) is 0 Å². The molecule has 1 rings (SSSR count). The molecule has 0 aromatic heterocycles. The fraction of sp³-hybridized carbons (Fsp3) is 0.938. The fourth-order valence-electron chi connectivity index (χ4n) is 3.27. The number of carbonyl (C=O) groups excluding carboxylic acids is 1. The Hall–Kier alpha value is -0.610. The van der Waals surface area contributed by atoms with Crippen molar-refractivity contribution in [3.63, 3.8) is 0 Å². The largest absolute Gasteiger partial charge is 0.468 e. The van der Waals surface area contributed by atoms with E-state index in [0.717, 1.165) is 6.42 Å². The Labute approximate surface area is 124 Å². The van der Waals surface area contributed by atoms with Gasteiger partial charge in [0.25, 0.3) is 0 Å². The van der Waals surface area contributed by atoms with Crippen LogP contribution in [0.1, 0.15) is 58.8 Å². The molecule has 0 saturated heterocycles. The lowest BCUT2D eigenvalue weighted by Crippen LogP contribution is -2.53. The van der Waals surface area contributed by atoms with Crippen molar-refractivity contribution >= 4 is 5.97 Å². The van der Waals surface area contributed by atoms with Gasteiger partial charge >= 0.3 is 5.97 Å². The molecule has 1 saturated carbocycles. The molecule has 4 nitrogen and oxygen atoms in total. The van der Waals surface area contributed by atoms with E-state index in [1.54, 1.807) is 0 Å². The van der Waals surface area contributed by atoms with Crippen molar-refractivity contribution in [1.82, 2.24) is 10.2 Å². The van der Waals surface area contributed by atoms with Crippen LogP contribution < -0.4 is 5.32 Å². The number of ether oxygens (including phenoxy) is 1. The molecule has 20 heavy (non-hydrogen) atoms. The number of likely N-dealkylation sites (N-methyl/N-ethyl adjacent to an activating group) is 1. The van der Waals surface area contributed by atoms with Crippen LogP contribution in [0.15, 0.2) is 0 Å². The molecule has 1 N–H and O–H groups in total. The van der Waals surface area contributed by atoms with Crippen LogP contribution in [0.5, 0.6) is 0 Å². The first-order valence-electron chi connectivity index (χ1n) is 7.94. The van der Waals surface area contributed by atoms with E-state index in [4.69, 9.17) is 4.74 Å². The molecule has 4 heteroatoms. The number of carbonyl (C=O) groups is 1. The quantitative estimate of drug-likeness (QED) is 0.601. The van der Waals surface area contributed by atoms with Gasteiger partial charge < -0.3 is 15.0 Å². The zero-order chi connectivity index (χ0) is 15.2. The van der Waals surface area contributed by atoms with Crippen LogP contribution in [-0.4, -0.2) is 49.7 Å². The summed E-state index contributed by atoms with van der Waals surface area (Å²) in [6, 6.07) is 1.01. The van der Waals surface area contributed by atoms with Crippen molar-refractivity contribution in [3.8, 4) is 0 Å². The molecular formula is C16H32N2O2. The summed E-state index contributed by atoms with van der Waals surface area (Å²) in [5.41, 5.74) is -0.604. The second-order valence-corrected chi connectivity index (χ2v) is 6.44. The third-order valence-electron chi connectivity index (χ3n) is 4.99. The minimum atomic E-state index is -0.604. The van der Waals surface area contributed by atoms with Crippen molar-refractivity contribution in [1.29, 1.82) is 0 Å². The zero-order valence-corrected chi connectivity index (χ0v) is 13.9. The number of nitrogens with zero attached hydrogens (tertiary/aromatic N) is 1. The Balaban J connectivity index is 2.63. The number of esters is 1. The second-order valence-electron chi connectivity index (χ2n) is 6.44. The number of nitrogens with one attached hydrogen (secondary N) is 1. The molecular weight excluding hydrogens is 252 g/mol. The summed E-state index contributed by atoms with van der Waals surface area (Å²) in [5.74, 6) is -0.180. The maximum absolute atomic E-state index is 12.0. The number of methoxy groups -OCH3 is 1. The van der Waals surface area contributed by atoms with Gasteiger partial charge in [-0.25, -0.2) is 0 Å². The molecule has 1 aliphatic rings. The third-order valence-corrected chi connectivity index (χ3v) is 4.99. The molecule has 0 amide bonds. The zero-order valence-electron chi connectivity index (χ0n) is 13.9. The summed E-state index contributed by atoms with van der Waals surface area (Å²) in [6.45, 7) is 4.14. The SMILES string of the molecule is CNC(C)(CC(C)N(C)C1CCCCCC1)C(=O)OC. The first-order chi connectivity index (χ1) is 9.44. The van der Waals surface area contributed by atoms with Gasteiger partial charge in [-0.1, -0.05) is 25.7 Å². The summed E-state index contributed by atoms with van der Waals surface area (Å²) in [5, 5.41) is 3.13. The first kappa shape index (κ1) is 17.4. The number of rotatable bonds is 6. The summed E-state index contributed by atoms with van der Waals surface area (Å²) in [7, 11) is 5.49. The van der Waals surface area contributed by atoms with Gasteiger partial charge in [-0.3, -0.25) is 4.79 Å². The van der Waals surface area contributed by atoms with Gasteiger partial charge in [0.1, 0.15) is 5.54 Å². The van der Waals surface area contributed by atoms with Gasteiger partial charge in [-0.2, -0.15) is 0 Å². The van der Waals surface area contributed by atoms with E-state index in [9.17, 15) is 4.79 Å². The lowest BCUT2D eigenvalue weighted by Gasteiger charge is -2.37. The summed E-state index contributed by atoms with van der Waals surface area (Å²) >= 11 is 0. The molecule has 2 atom stereocenters. The number of hydrogen-bond acceptors (Lipinski definition) is 4. The van der Waals surface area contributed by atoms with Gasteiger partial charge in [0, 0.05) is 12.1 Å². The standard InChI is InChI=1S/C16H32N2O2/c1-13(12-16(2,17-3)15(19)20-5)18(4)14-10-8-6-7-9-11-14/h13-14,17H,6-12H2,1-5H3. The van der Waals surface area contributed by atoms with E-state index in [0.29, 0.717) is 12.1 Å². The predicted octanol–water partition coefficient (Wildman–Crippen LogP) is 2.57. The molecule has 1 aliphatic carbocycles. The van der Waals surface area contributed by atoms with E-state index in [-0.39, 0.29) is 5.97 Å². The average molecular weight is 284 g/mol. The van der Waals surface area contributed by atoms with E-state index >= 15 is 0 Å². The highest BCUT2D eigenvalue weighted by molar-refractivity contribution is 5.80. The normalized spacial score (nSPS) is 22.1. The molecule has 0 radical (unpaired) electrons. The van der Waals surface area contributed by atoms with Crippen molar-refractivity contribution in [2.45, 2.75) is 76.4 Å². The molecule has 0 spiro atoms. The van der Waals surface area contributed by atoms with Crippen molar-refractivity contribution in [3.05, 3.63) is 0 Å². The van der Waals surface area contributed by atoms with Gasteiger partial charge in [0.05, 0.1) is 7.11 Å². The van der Waals surface area contributed by atoms with Crippen LogP contribution in [-0.2, 0) is 9.53 Å². The first-order valence-corrected chi connectivity index (χ1v) is 7.94. The average Bonchev–Trinajstić information content (AvgIpc) is 2.74. The van der Waals surface area contributed by atoms with E-state index < -0.39 is 5.54 Å². The molecule has 0 aliphatic heterocycles. The molecule has 118 valence electrons. The monoisotopic (exact) mass is 284 g/mol. The number of hydrogen-bond donors (Lipinski definition) is 1. The smallest absolute Gasteiger partial charge is 0.325 e. The van der Waals surface area contributed by atoms with Crippen molar-refractivity contribution < 1.29 is 9.53 Å². The van der Waals surface area contributed by atoms with Crippen LogP contribution in [0.4, 0.5) is 0 Å². The minimum Gasteiger partial charge on any atom is -0.468 e.